The molecule has 0 spiro atoms. The Balaban J connectivity index is 2.48. The van der Waals surface area contributed by atoms with Crippen molar-refractivity contribution in [3.63, 3.8) is 0 Å². The second-order valence-corrected chi connectivity index (χ2v) is 3.80. The number of anilines is 1. The molecule has 1 heterocycles. The fourth-order valence-corrected chi connectivity index (χ4v) is 1.63. The van der Waals surface area contributed by atoms with Crippen LogP contribution >= 0.6 is 11.5 Å². The molecule has 4 nitrogen and oxygen atoms in total. The van der Waals surface area contributed by atoms with Gasteiger partial charge in [-0.05, 0) is 13.3 Å². The minimum Gasteiger partial charge on any atom is -0.357 e. The van der Waals surface area contributed by atoms with Crippen LogP contribution in [0.4, 0.5) is 5.13 Å². The van der Waals surface area contributed by atoms with E-state index >= 15 is 0 Å². The van der Waals surface area contributed by atoms with Crippen LogP contribution in [0, 0.1) is 0 Å². The van der Waals surface area contributed by atoms with E-state index in [0.29, 0.717) is 6.54 Å². The van der Waals surface area contributed by atoms with Crippen LogP contribution in [0.15, 0.2) is 0 Å². The number of aromatic nitrogens is 2. The molecule has 3 N–H and O–H groups in total. The summed E-state index contributed by atoms with van der Waals surface area (Å²) < 4.78 is 4.22. The highest BCUT2D eigenvalue weighted by atomic mass is 32.1. The zero-order valence-corrected chi connectivity index (χ0v) is 8.90. The van der Waals surface area contributed by atoms with Crippen LogP contribution in [0.25, 0.3) is 0 Å². The van der Waals surface area contributed by atoms with Crippen molar-refractivity contribution in [1.29, 1.82) is 0 Å². The monoisotopic (exact) mass is 200 g/mol. The first-order chi connectivity index (χ1) is 6.26. The molecule has 0 aliphatic carbocycles. The minimum absolute atomic E-state index is 0.266. The minimum atomic E-state index is 0.266. The molecular weight excluding hydrogens is 184 g/mol. The number of nitrogens with one attached hydrogen (secondary N) is 1. The van der Waals surface area contributed by atoms with E-state index in [-0.39, 0.29) is 6.04 Å². The second kappa shape index (κ2) is 5.14. The van der Waals surface area contributed by atoms with Gasteiger partial charge in [-0.2, -0.15) is 4.37 Å². The van der Waals surface area contributed by atoms with Gasteiger partial charge in [0.05, 0.1) is 0 Å². The fraction of sp³-hybridized carbons (Fsp3) is 0.750. The van der Waals surface area contributed by atoms with E-state index in [0.717, 1.165) is 23.8 Å². The highest BCUT2D eigenvalue weighted by Gasteiger charge is 2.04. The zero-order chi connectivity index (χ0) is 9.68. The van der Waals surface area contributed by atoms with Crippen molar-refractivity contribution in [2.75, 3.05) is 11.9 Å². The third kappa shape index (κ3) is 3.28. The molecule has 1 aromatic heterocycles. The van der Waals surface area contributed by atoms with Crippen molar-refractivity contribution in [2.24, 2.45) is 5.73 Å². The number of nitrogens with zero attached hydrogens (tertiary/aromatic N) is 2. The van der Waals surface area contributed by atoms with Crippen molar-refractivity contribution in [2.45, 2.75) is 32.7 Å². The van der Waals surface area contributed by atoms with E-state index in [1.807, 2.05) is 6.92 Å². The summed E-state index contributed by atoms with van der Waals surface area (Å²) in [5.74, 6) is 0.930. The Kier molecular flexibility index (Phi) is 4.11. The highest BCUT2D eigenvalue weighted by Crippen LogP contribution is 2.12. The molecule has 0 aliphatic heterocycles. The maximum absolute atomic E-state index is 5.48. The molecule has 1 atom stereocenters. The second-order valence-electron chi connectivity index (χ2n) is 3.05. The summed E-state index contributed by atoms with van der Waals surface area (Å²) >= 11 is 1.41. The molecule has 1 unspecified atom stereocenters. The molecule has 1 rings (SSSR count). The Morgan fingerprint density at radius 1 is 1.62 bits per heavy atom. The lowest BCUT2D eigenvalue weighted by Crippen LogP contribution is -2.25. The third-order valence-electron chi connectivity index (χ3n) is 1.67. The Bertz CT molecular complexity index is 248. The van der Waals surface area contributed by atoms with Gasteiger partial charge >= 0.3 is 0 Å². The van der Waals surface area contributed by atoms with Gasteiger partial charge in [-0.15, -0.1) is 0 Å². The predicted octanol–water partition coefficient (Wildman–Crippen LogP) is 1.25. The average molecular weight is 200 g/mol. The Hall–Kier alpha value is -0.680. The van der Waals surface area contributed by atoms with Gasteiger partial charge in [0.2, 0.25) is 5.13 Å². The van der Waals surface area contributed by atoms with Gasteiger partial charge in [0.1, 0.15) is 5.82 Å². The van der Waals surface area contributed by atoms with Gasteiger partial charge in [-0.3, -0.25) is 0 Å². The van der Waals surface area contributed by atoms with Gasteiger partial charge in [0.25, 0.3) is 0 Å². The molecule has 13 heavy (non-hydrogen) atoms. The molecule has 0 radical (unpaired) electrons. The number of hydrogen-bond donors (Lipinski definition) is 2. The molecule has 0 amide bonds. The lowest BCUT2D eigenvalue weighted by atomic mass is 10.3. The van der Waals surface area contributed by atoms with Crippen LogP contribution in [0.3, 0.4) is 0 Å². The van der Waals surface area contributed by atoms with E-state index in [4.69, 9.17) is 5.73 Å². The van der Waals surface area contributed by atoms with Gasteiger partial charge in [-0.1, -0.05) is 6.92 Å². The van der Waals surface area contributed by atoms with Crippen molar-refractivity contribution < 1.29 is 0 Å². The van der Waals surface area contributed by atoms with Crippen LogP contribution in [0.2, 0.25) is 0 Å². The van der Waals surface area contributed by atoms with Crippen LogP contribution in [0.1, 0.15) is 26.1 Å². The van der Waals surface area contributed by atoms with E-state index in [2.05, 4.69) is 21.6 Å². The standard InChI is InChI=1S/C8H16N4S/c1-3-4-7-11-8(13-12-7)10-6(2)5-9/h6H,3-5,9H2,1-2H3,(H,10,11,12). The number of aryl methyl sites for hydroxylation is 1. The summed E-state index contributed by atoms with van der Waals surface area (Å²) in [7, 11) is 0. The number of nitrogens with two attached hydrogens (primary N) is 1. The molecule has 0 saturated heterocycles. The summed E-state index contributed by atoms with van der Waals surface area (Å²) in [6, 6.07) is 0.266. The third-order valence-corrected chi connectivity index (χ3v) is 2.35. The predicted molar refractivity (Wildman–Crippen MR) is 56.0 cm³/mol. The molecular formula is C8H16N4S. The van der Waals surface area contributed by atoms with Crippen LogP contribution in [-0.4, -0.2) is 21.9 Å². The lowest BCUT2D eigenvalue weighted by Gasteiger charge is -2.07. The summed E-state index contributed by atoms with van der Waals surface area (Å²) in [5.41, 5.74) is 5.48. The quantitative estimate of drug-likeness (QED) is 0.751. The van der Waals surface area contributed by atoms with Crippen molar-refractivity contribution in [3.05, 3.63) is 5.82 Å². The van der Waals surface area contributed by atoms with E-state index in [1.165, 1.54) is 11.5 Å². The van der Waals surface area contributed by atoms with E-state index < -0.39 is 0 Å². The van der Waals surface area contributed by atoms with Crippen LogP contribution in [0.5, 0.6) is 0 Å². The topological polar surface area (TPSA) is 63.8 Å². The van der Waals surface area contributed by atoms with Gasteiger partial charge in [0.15, 0.2) is 0 Å². The Morgan fingerprint density at radius 3 is 3.00 bits per heavy atom. The van der Waals surface area contributed by atoms with Crippen LogP contribution in [-0.2, 0) is 6.42 Å². The fourth-order valence-electron chi connectivity index (χ4n) is 0.907. The molecule has 0 bridgehead atoms. The summed E-state index contributed by atoms with van der Waals surface area (Å²) in [5, 5.41) is 4.07. The first kappa shape index (κ1) is 10.4. The SMILES string of the molecule is CCCc1nsc(NC(C)CN)n1. The molecule has 0 aromatic carbocycles. The zero-order valence-electron chi connectivity index (χ0n) is 8.08. The first-order valence-corrected chi connectivity index (χ1v) is 5.32. The van der Waals surface area contributed by atoms with Gasteiger partial charge < -0.3 is 11.1 Å². The van der Waals surface area contributed by atoms with Crippen LogP contribution < -0.4 is 11.1 Å². The van der Waals surface area contributed by atoms with E-state index in [9.17, 15) is 0 Å². The van der Waals surface area contributed by atoms with E-state index in [1.54, 1.807) is 0 Å². The Labute approximate surface area is 82.7 Å². The summed E-state index contributed by atoms with van der Waals surface area (Å²) in [6.07, 6.45) is 2.04. The largest absolute Gasteiger partial charge is 0.357 e. The Morgan fingerprint density at radius 2 is 2.38 bits per heavy atom. The van der Waals surface area contributed by atoms with Gasteiger partial charge in [-0.25, -0.2) is 4.98 Å². The van der Waals surface area contributed by atoms with Crippen molar-refractivity contribution >= 4 is 16.7 Å². The maximum Gasteiger partial charge on any atom is 0.202 e. The number of hydrogen-bond acceptors (Lipinski definition) is 5. The summed E-state index contributed by atoms with van der Waals surface area (Å²) in [4.78, 5) is 4.33. The average Bonchev–Trinajstić information content (AvgIpc) is 2.53. The molecule has 0 saturated carbocycles. The lowest BCUT2D eigenvalue weighted by molar-refractivity contribution is 0.798. The first-order valence-electron chi connectivity index (χ1n) is 4.55. The smallest absolute Gasteiger partial charge is 0.202 e. The number of rotatable bonds is 5. The maximum atomic E-state index is 5.48. The molecule has 0 fully saturated rings. The molecule has 5 heteroatoms. The highest BCUT2D eigenvalue weighted by molar-refractivity contribution is 7.09. The molecule has 74 valence electrons. The molecule has 1 aromatic rings. The van der Waals surface area contributed by atoms with Crippen molar-refractivity contribution in [3.8, 4) is 0 Å². The summed E-state index contributed by atoms with van der Waals surface area (Å²) in [6.45, 7) is 4.76. The van der Waals surface area contributed by atoms with Gasteiger partial charge in [0, 0.05) is 30.5 Å². The van der Waals surface area contributed by atoms with Crippen molar-refractivity contribution in [1.82, 2.24) is 9.36 Å². The molecule has 0 aliphatic rings. The normalized spacial score (nSPS) is 12.8.